The third-order valence-electron chi connectivity index (χ3n) is 6.22. The summed E-state index contributed by atoms with van der Waals surface area (Å²) in [5.74, 6) is -0.120. The molecular formula is C28H26FN5O2. The Balaban J connectivity index is 1.78. The molecule has 5 rings (SSSR count). The van der Waals surface area contributed by atoms with E-state index in [0.717, 1.165) is 26.8 Å². The van der Waals surface area contributed by atoms with Crippen molar-refractivity contribution >= 4 is 11.0 Å². The minimum Gasteiger partial charge on any atom is -0.276 e. The van der Waals surface area contributed by atoms with Gasteiger partial charge in [0.2, 0.25) is 0 Å². The smallest absolute Gasteiger partial charge is 0.276 e. The molecule has 8 heteroatoms. The molecule has 0 bridgehead atoms. The zero-order valence-electron chi connectivity index (χ0n) is 20.4. The van der Waals surface area contributed by atoms with Crippen LogP contribution in [0.15, 0.2) is 82.6 Å². The van der Waals surface area contributed by atoms with Gasteiger partial charge in [-0.15, -0.1) is 0 Å². The first kappa shape index (κ1) is 23.4. The van der Waals surface area contributed by atoms with Crippen molar-refractivity contribution in [1.29, 1.82) is 0 Å². The molecule has 0 saturated carbocycles. The molecule has 36 heavy (non-hydrogen) atoms. The van der Waals surface area contributed by atoms with Crippen LogP contribution in [0.1, 0.15) is 19.4 Å². The van der Waals surface area contributed by atoms with Crippen LogP contribution in [0.3, 0.4) is 0 Å². The molecule has 182 valence electrons. The Labute approximate surface area is 207 Å². The number of rotatable bonds is 6. The lowest BCUT2D eigenvalue weighted by molar-refractivity contribution is 0.498. The number of hydrogen-bond acceptors (Lipinski definition) is 4. The second-order valence-electron chi connectivity index (χ2n) is 9.26. The van der Waals surface area contributed by atoms with E-state index in [1.807, 2.05) is 50.2 Å². The van der Waals surface area contributed by atoms with Crippen molar-refractivity contribution in [3.8, 4) is 22.4 Å². The number of nitrogens with zero attached hydrogens (tertiary/aromatic N) is 5. The van der Waals surface area contributed by atoms with E-state index in [2.05, 4.69) is 4.98 Å². The second-order valence-corrected chi connectivity index (χ2v) is 9.26. The highest BCUT2D eigenvalue weighted by molar-refractivity contribution is 5.91. The van der Waals surface area contributed by atoms with Gasteiger partial charge in [0.1, 0.15) is 11.2 Å². The van der Waals surface area contributed by atoms with Crippen LogP contribution in [0.2, 0.25) is 0 Å². The molecule has 0 unspecified atom stereocenters. The van der Waals surface area contributed by atoms with Gasteiger partial charge in [-0.1, -0.05) is 50.2 Å². The van der Waals surface area contributed by atoms with E-state index < -0.39 is 0 Å². The van der Waals surface area contributed by atoms with Gasteiger partial charge in [-0.25, -0.2) is 9.18 Å². The molecule has 0 radical (unpaired) electrons. The highest BCUT2D eigenvalue weighted by Gasteiger charge is 2.23. The molecule has 5 aromatic rings. The Morgan fingerprint density at radius 3 is 2.31 bits per heavy atom. The summed E-state index contributed by atoms with van der Waals surface area (Å²) in [6, 6.07) is 17.9. The average molecular weight is 484 g/mol. The van der Waals surface area contributed by atoms with Gasteiger partial charge in [0.05, 0.1) is 12.2 Å². The first-order valence-electron chi connectivity index (χ1n) is 11.8. The molecule has 2 aromatic carbocycles. The number of pyridine rings is 1. The largest absolute Gasteiger partial charge is 0.332 e. The fourth-order valence-corrected chi connectivity index (χ4v) is 4.54. The van der Waals surface area contributed by atoms with Gasteiger partial charge in [-0.05, 0) is 46.9 Å². The maximum absolute atomic E-state index is 13.6. The van der Waals surface area contributed by atoms with E-state index in [-0.39, 0.29) is 23.0 Å². The van der Waals surface area contributed by atoms with Crippen molar-refractivity contribution in [2.45, 2.75) is 26.9 Å². The highest BCUT2D eigenvalue weighted by atomic mass is 19.1. The summed E-state index contributed by atoms with van der Waals surface area (Å²) in [5, 5.41) is 5.23. The molecule has 0 N–H and O–H groups in total. The van der Waals surface area contributed by atoms with Crippen molar-refractivity contribution in [1.82, 2.24) is 23.9 Å². The first-order valence-corrected chi connectivity index (χ1v) is 11.8. The summed E-state index contributed by atoms with van der Waals surface area (Å²) in [6.07, 6.45) is 3.33. The van der Waals surface area contributed by atoms with Gasteiger partial charge in [-0.3, -0.25) is 23.6 Å². The zero-order valence-corrected chi connectivity index (χ0v) is 20.4. The maximum atomic E-state index is 13.6. The molecule has 0 aliphatic heterocycles. The van der Waals surface area contributed by atoms with Crippen LogP contribution in [0.25, 0.3) is 33.4 Å². The van der Waals surface area contributed by atoms with Crippen molar-refractivity contribution in [2.75, 3.05) is 0 Å². The molecule has 7 nitrogen and oxygen atoms in total. The van der Waals surface area contributed by atoms with E-state index in [9.17, 15) is 14.0 Å². The Kier molecular flexibility index (Phi) is 6.10. The van der Waals surface area contributed by atoms with Gasteiger partial charge >= 0.3 is 5.69 Å². The highest BCUT2D eigenvalue weighted by Crippen LogP contribution is 2.30. The van der Waals surface area contributed by atoms with Gasteiger partial charge in [-0.2, -0.15) is 5.10 Å². The summed E-state index contributed by atoms with van der Waals surface area (Å²) < 4.78 is 18.1. The molecule has 0 saturated heterocycles. The zero-order chi connectivity index (χ0) is 25.4. The third kappa shape index (κ3) is 4.15. The lowest BCUT2D eigenvalue weighted by Gasteiger charge is -2.12. The number of fused-ring (bicyclic) bond motifs is 1. The quantitative estimate of drug-likeness (QED) is 0.357. The minimum atomic E-state index is -0.390. The van der Waals surface area contributed by atoms with Gasteiger partial charge in [0, 0.05) is 31.5 Å². The van der Waals surface area contributed by atoms with Crippen LogP contribution in [0.4, 0.5) is 4.39 Å². The minimum absolute atomic E-state index is 0.178. The van der Waals surface area contributed by atoms with Crippen LogP contribution < -0.4 is 11.2 Å². The van der Waals surface area contributed by atoms with Gasteiger partial charge in [0.25, 0.3) is 5.56 Å². The Morgan fingerprint density at radius 2 is 1.61 bits per heavy atom. The van der Waals surface area contributed by atoms with E-state index in [1.54, 1.807) is 33.8 Å². The number of benzene rings is 2. The summed E-state index contributed by atoms with van der Waals surface area (Å²) in [7, 11) is 1.50. The van der Waals surface area contributed by atoms with Crippen LogP contribution in [0.5, 0.6) is 0 Å². The average Bonchev–Trinajstić information content (AvgIpc) is 3.25. The fraction of sp³-hybridized carbons (Fsp3) is 0.214. The van der Waals surface area contributed by atoms with E-state index >= 15 is 0 Å². The predicted molar refractivity (Wildman–Crippen MR) is 138 cm³/mol. The molecule has 3 heterocycles. The monoisotopic (exact) mass is 483 g/mol. The van der Waals surface area contributed by atoms with Crippen molar-refractivity contribution in [2.24, 2.45) is 13.0 Å². The molecular weight excluding hydrogens is 457 g/mol. The van der Waals surface area contributed by atoms with E-state index in [1.165, 1.54) is 19.2 Å². The number of hydrogen-bond donors (Lipinski definition) is 0. The van der Waals surface area contributed by atoms with Gasteiger partial charge in [0.15, 0.2) is 5.65 Å². The molecule has 0 amide bonds. The Hall–Kier alpha value is -4.33. The number of aromatic nitrogens is 5. The van der Waals surface area contributed by atoms with Crippen LogP contribution >= 0.6 is 0 Å². The number of halogens is 1. The molecule has 0 aliphatic carbocycles. The lowest BCUT2D eigenvalue weighted by Crippen LogP contribution is -2.38. The first-order chi connectivity index (χ1) is 17.3. The topological polar surface area (TPSA) is 74.7 Å². The van der Waals surface area contributed by atoms with Gasteiger partial charge < -0.3 is 0 Å². The summed E-state index contributed by atoms with van der Waals surface area (Å²) in [6.45, 7) is 4.81. The predicted octanol–water partition coefficient (Wildman–Crippen LogP) is 4.47. The second kappa shape index (κ2) is 9.37. The van der Waals surface area contributed by atoms with E-state index in [4.69, 9.17) is 5.10 Å². The van der Waals surface area contributed by atoms with Crippen molar-refractivity contribution < 1.29 is 4.39 Å². The molecule has 0 aliphatic rings. The molecule has 0 fully saturated rings. The SMILES string of the molecule is CC(C)Cn1c(=O)n(C)c(=O)c2c(-c3ccncc3)n(Cc3ccccc3-c3ccc(F)cc3)nc21. The van der Waals surface area contributed by atoms with Crippen molar-refractivity contribution in [3.63, 3.8) is 0 Å². The lowest BCUT2D eigenvalue weighted by atomic mass is 9.99. The summed E-state index contributed by atoms with van der Waals surface area (Å²) in [5.41, 5.74) is 3.74. The summed E-state index contributed by atoms with van der Waals surface area (Å²) in [4.78, 5) is 30.6. The molecule has 0 atom stereocenters. The van der Waals surface area contributed by atoms with E-state index in [0.29, 0.717) is 29.8 Å². The van der Waals surface area contributed by atoms with Crippen LogP contribution in [-0.2, 0) is 20.1 Å². The molecule has 3 aromatic heterocycles. The van der Waals surface area contributed by atoms with Crippen molar-refractivity contribution in [3.05, 3.63) is 105 Å². The molecule has 0 spiro atoms. The maximum Gasteiger partial charge on any atom is 0.332 e. The Bertz CT molecular complexity index is 1670. The van der Waals surface area contributed by atoms with Crippen LogP contribution in [0, 0.1) is 11.7 Å². The summed E-state index contributed by atoms with van der Waals surface area (Å²) >= 11 is 0. The third-order valence-corrected chi connectivity index (χ3v) is 6.22. The fourth-order valence-electron chi connectivity index (χ4n) is 4.54. The standard InChI is InChI=1S/C28H26FN5O2/c1-18(2)16-33-26-24(27(35)32(3)28(33)36)25(20-12-14-30-15-13-20)34(31-26)17-21-6-4-5-7-23(21)19-8-10-22(29)11-9-19/h4-15,18H,16-17H2,1-3H3. The normalized spacial score (nSPS) is 11.5. The Morgan fingerprint density at radius 1 is 0.917 bits per heavy atom. The van der Waals surface area contributed by atoms with Crippen LogP contribution in [-0.4, -0.2) is 23.9 Å².